The van der Waals surface area contributed by atoms with Gasteiger partial charge in [-0.05, 0) is 64.9 Å². The molecule has 1 amide bonds. The quantitative estimate of drug-likeness (QED) is 0.236. The zero-order chi connectivity index (χ0) is 29.3. The van der Waals surface area contributed by atoms with Crippen LogP contribution in [-0.2, 0) is 30.8 Å². The van der Waals surface area contributed by atoms with Crippen LogP contribution in [0.15, 0.2) is 91.0 Å². The second kappa shape index (κ2) is 13.9. The number of methoxy groups -OCH3 is 3. The lowest BCUT2D eigenvalue weighted by atomic mass is 9.88. The fraction of sp³-hybridized carbons (Fsp3) is 0.286. The van der Waals surface area contributed by atoms with Crippen LogP contribution in [-0.4, -0.2) is 45.2 Å². The van der Waals surface area contributed by atoms with Gasteiger partial charge in [-0.2, -0.15) is 0 Å². The summed E-state index contributed by atoms with van der Waals surface area (Å²) in [7, 11) is 4.95. The van der Waals surface area contributed by atoms with E-state index in [1.165, 1.54) is 5.56 Å². The molecule has 1 unspecified atom stereocenters. The van der Waals surface area contributed by atoms with E-state index in [0.717, 1.165) is 35.2 Å². The Morgan fingerprint density at radius 3 is 2.12 bits per heavy atom. The first kappa shape index (κ1) is 29.0. The standard InChI is InChI=1S/C35H38N2O5/c1-39-31-15-14-27(19-34(31)42-24-26-12-8-5-9-13-26)18-30-29-21-33(41-3)32(40-2)20-28(29)16-17-37(30)23-35(38)36-22-25-10-6-4-7-11-25/h4-15,19-21,30H,16-18,22-24H2,1-3H3,(H,36,38). The second-order valence-electron chi connectivity index (χ2n) is 10.4. The minimum atomic E-state index is -0.0496. The van der Waals surface area contributed by atoms with Gasteiger partial charge in [0.25, 0.3) is 0 Å². The van der Waals surface area contributed by atoms with Gasteiger partial charge in [-0.15, -0.1) is 0 Å². The van der Waals surface area contributed by atoms with Crippen molar-refractivity contribution >= 4 is 5.91 Å². The Bertz CT molecular complexity index is 1480. The normalized spacial score (nSPS) is 14.5. The molecule has 7 heteroatoms. The average Bonchev–Trinajstić information content (AvgIpc) is 3.04. The van der Waals surface area contributed by atoms with Crippen molar-refractivity contribution in [3.8, 4) is 23.0 Å². The molecule has 1 aliphatic heterocycles. The van der Waals surface area contributed by atoms with Crippen molar-refractivity contribution in [2.24, 2.45) is 0 Å². The minimum absolute atomic E-state index is 0.00519. The van der Waals surface area contributed by atoms with Crippen molar-refractivity contribution in [3.05, 3.63) is 119 Å². The van der Waals surface area contributed by atoms with Crippen LogP contribution in [0, 0.1) is 0 Å². The van der Waals surface area contributed by atoms with Gasteiger partial charge in [-0.3, -0.25) is 9.69 Å². The molecule has 7 nitrogen and oxygen atoms in total. The maximum Gasteiger partial charge on any atom is 0.234 e. The predicted molar refractivity (Wildman–Crippen MR) is 163 cm³/mol. The molecule has 1 aliphatic rings. The van der Waals surface area contributed by atoms with Gasteiger partial charge in [0, 0.05) is 19.1 Å². The van der Waals surface area contributed by atoms with E-state index in [4.69, 9.17) is 18.9 Å². The summed E-state index contributed by atoms with van der Waals surface area (Å²) in [6.45, 7) is 1.98. The van der Waals surface area contributed by atoms with Gasteiger partial charge in [-0.1, -0.05) is 66.7 Å². The topological polar surface area (TPSA) is 69.3 Å². The van der Waals surface area contributed by atoms with E-state index in [2.05, 4.69) is 28.4 Å². The van der Waals surface area contributed by atoms with Crippen molar-refractivity contribution in [2.75, 3.05) is 34.4 Å². The molecule has 0 radical (unpaired) electrons. The minimum Gasteiger partial charge on any atom is -0.493 e. The molecular formula is C35H38N2O5. The molecule has 4 aromatic rings. The molecular weight excluding hydrogens is 528 g/mol. The van der Waals surface area contributed by atoms with Gasteiger partial charge >= 0.3 is 0 Å². The van der Waals surface area contributed by atoms with Gasteiger partial charge in [0.05, 0.1) is 27.9 Å². The number of nitrogens with zero attached hydrogens (tertiary/aromatic N) is 1. The van der Waals surface area contributed by atoms with Gasteiger partial charge in [0.1, 0.15) is 6.61 Å². The third kappa shape index (κ3) is 7.04. The number of rotatable bonds is 12. The fourth-order valence-corrected chi connectivity index (χ4v) is 5.46. The summed E-state index contributed by atoms with van der Waals surface area (Å²) in [5, 5.41) is 3.09. The number of amides is 1. The van der Waals surface area contributed by atoms with E-state index in [1.54, 1.807) is 21.3 Å². The van der Waals surface area contributed by atoms with Crippen molar-refractivity contribution in [1.29, 1.82) is 0 Å². The van der Waals surface area contributed by atoms with Gasteiger partial charge in [0.15, 0.2) is 23.0 Å². The molecule has 0 aliphatic carbocycles. The maximum atomic E-state index is 13.1. The number of ether oxygens (including phenoxy) is 4. The Hall–Kier alpha value is -4.49. The molecule has 0 bridgehead atoms. The molecule has 0 saturated heterocycles. The molecule has 0 aromatic heterocycles. The summed E-state index contributed by atoms with van der Waals surface area (Å²) in [4.78, 5) is 15.4. The monoisotopic (exact) mass is 566 g/mol. The van der Waals surface area contributed by atoms with E-state index < -0.39 is 0 Å². The summed E-state index contributed by atoms with van der Waals surface area (Å²) < 4.78 is 23.1. The third-order valence-corrected chi connectivity index (χ3v) is 7.69. The summed E-state index contributed by atoms with van der Waals surface area (Å²) in [5.74, 6) is 2.76. The molecule has 1 N–H and O–H groups in total. The SMILES string of the molecule is COc1cc2c(cc1OC)C(Cc1ccc(OC)c(OCc3ccccc3)c1)N(CC(=O)NCc1ccccc1)CC2. The Morgan fingerprint density at radius 1 is 0.762 bits per heavy atom. The molecule has 0 fully saturated rings. The van der Waals surface area contributed by atoms with E-state index in [0.29, 0.717) is 49.1 Å². The lowest BCUT2D eigenvalue weighted by Gasteiger charge is -2.37. The van der Waals surface area contributed by atoms with Crippen LogP contribution in [0.5, 0.6) is 23.0 Å². The highest BCUT2D eigenvalue weighted by atomic mass is 16.5. The van der Waals surface area contributed by atoms with Gasteiger partial charge in [-0.25, -0.2) is 0 Å². The van der Waals surface area contributed by atoms with E-state index in [1.807, 2.05) is 72.8 Å². The molecule has 1 atom stereocenters. The smallest absolute Gasteiger partial charge is 0.234 e. The largest absolute Gasteiger partial charge is 0.493 e. The summed E-state index contributed by atoms with van der Waals surface area (Å²) >= 11 is 0. The number of fused-ring (bicyclic) bond motifs is 1. The zero-order valence-corrected chi connectivity index (χ0v) is 24.5. The van der Waals surface area contributed by atoms with Crippen LogP contribution in [0.25, 0.3) is 0 Å². The highest BCUT2D eigenvalue weighted by molar-refractivity contribution is 5.78. The first-order chi connectivity index (χ1) is 20.6. The van der Waals surface area contributed by atoms with Crippen molar-refractivity contribution in [2.45, 2.75) is 32.0 Å². The Balaban J connectivity index is 1.40. The Morgan fingerprint density at radius 2 is 1.43 bits per heavy atom. The average molecular weight is 567 g/mol. The van der Waals surface area contributed by atoms with Crippen molar-refractivity contribution < 1.29 is 23.7 Å². The summed E-state index contributed by atoms with van der Waals surface area (Å²) in [5.41, 5.74) is 5.58. The van der Waals surface area contributed by atoms with Crippen LogP contribution in [0.4, 0.5) is 0 Å². The zero-order valence-electron chi connectivity index (χ0n) is 24.5. The highest BCUT2D eigenvalue weighted by Gasteiger charge is 2.31. The van der Waals surface area contributed by atoms with Crippen LogP contribution < -0.4 is 24.3 Å². The van der Waals surface area contributed by atoms with Gasteiger partial charge in [0.2, 0.25) is 5.91 Å². The maximum absolute atomic E-state index is 13.1. The molecule has 5 rings (SSSR count). The lowest BCUT2D eigenvalue weighted by molar-refractivity contribution is -0.123. The number of nitrogens with one attached hydrogen (secondary N) is 1. The third-order valence-electron chi connectivity index (χ3n) is 7.69. The number of carbonyl (C=O) groups is 1. The summed E-state index contributed by atoms with van der Waals surface area (Å²) in [6, 6.07) is 30.2. The van der Waals surface area contributed by atoms with Crippen LogP contribution >= 0.6 is 0 Å². The molecule has 0 spiro atoms. The Labute approximate surface area is 248 Å². The number of benzene rings is 4. The van der Waals surface area contributed by atoms with Crippen LogP contribution in [0.1, 0.15) is 33.9 Å². The molecule has 0 saturated carbocycles. The van der Waals surface area contributed by atoms with Gasteiger partial charge < -0.3 is 24.3 Å². The first-order valence-electron chi connectivity index (χ1n) is 14.2. The number of hydrogen-bond acceptors (Lipinski definition) is 6. The highest BCUT2D eigenvalue weighted by Crippen LogP contribution is 2.40. The van der Waals surface area contributed by atoms with E-state index in [9.17, 15) is 4.79 Å². The molecule has 4 aromatic carbocycles. The van der Waals surface area contributed by atoms with E-state index in [-0.39, 0.29) is 11.9 Å². The van der Waals surface area contributed by atoms with Crippen LogP contribution in [0.3, 0.4) is 0 Å². The second-order valence-corrected chi connectivity index (χ2v) is 10.4. The summed E-state index contributed by atoms with van der Waals surface area (Å²) in [6.07, 6.45) is 1.49. The molecule has 42 heavy (non-hydrogen) atoms. The predicted octanol–water partition coefficient (Wildman–Crippen LogP) is 5.75. The Kier molecular flexibility index (Phi) is 9.62. The lowest BCUT2D eigenvalue weighted by Crippen LogP contribution is -2.43. The number of carbonyl (C=O) groups excluding carboxylic acids is 1. The first-order valence-corrected chi connectivity index (χ1v) is 14.2. The molecule has 218 valence electrons. The fourth-order valence-electron chi connectivity index (χ4n) is 5.46. The van der Waals surface area contributed by atoms with Crippen LogP contribution in [0.2, 0.25) is 0 Å². The van der Waals surface area contributed by atoms with Crippen molar-refractivity contribution in [1.82, 2.24) is 10.2 Å². The number of hydrogen-bond donors (Lipinski definition) is 1. The van der Waals surface area contributed by atoms with Crippen molar-refractivity contribution in [3.63, 3.8) is 0 Å². The van der Waals surface area contributed by atoms with E-state index >= 15 is 0 Å². The molecule has 1 heterocycles.